The van der Waals surface area contributed by atoms with Crippen LogP contribution in [-0.4, -0.2) is 25.9 Å². The Kier molecular flexibility index (Phi) is 2.77. The van der Waals surface area contributed by atoms with Crippen molar-refractivity contribution < 1.29 is 0 Å². The number of nitrogens with one attached hydrogen (secondary N) is 1. The Labute approximate surface area is 123 Å². The van der Waals surface area contributed by atoms with Gasteiger partial charge in [-0.1, -0.05) is 18.2 Å². The Morgan fingerprint density at radius 2 is 2.24 bits per heavy atom. The third kappa shape index (κ3) is 1.93. The molecule has 1 aliphatic heterocycles. The van der Waals surface area contributed by atoms with Crippen molar-refractivity contribution in [3.05, 3.63) is 48.7 Å². The third-order valence-corrected chi connectivity index (χ3v) is 3.98. The van der Waals surface area contributed by atoms with Gasteiger partial charge in [-0.25, -0.2) is 4.98 Å². The van der Waals surface area contributed by atoms with Crippen molar-refractivity contribution >= 4 is 5.69 Å². The van der Waals surface area contributed by atoms with Gasteiger partial charge in [-0.15, -0.1) is 0 Å². The number of hydrogen-bond donors (Lipinski definition) is 1. The summed E-state index contributed by atoms with van der Waals surface area (Å²) < 4.78 is 4.02. The van der Waals surface area contributed by atoms with Crippen LogP contribution in [0, 0.1) is 0 Å². The molecule has 21 heavy (non-hydrogen) atoms. The number of imidazole rings is 1. The van der Waals surface area contributed by atoms with Crippen molar-refractivity contribution in [3.8, 4) is 16.9 Å². The normalized spacial score (nSPS) is 13.2. The fourth-order valence-corrected chi connectivity index (χ4v) is 2.90. The molecule has 1 aromatic carbocycles. The number of nitrogens with zero attached hydrogens (tertiary/aromatic N) is 4. The van der Waals surface area contributed by atoms with Gasteiger partial charge < -0.3 is 5.32 Å². The fraction of sp³-hybridized carbons (Fsp3) is 0.250. The molecule has 106 valence electrons. The van der Waals surface area contributed by atoms with Crippen LogP contribution >= 0.6 is 0 Å². The second kappa shape index (κ2) is 4.77. The molecule has 0 saturated heterocycles. The van der Waals surface area contributed by atoms with Gasteiger partial charge in [0.2, 0.25) is 0 Å². The van der Waals surface area contributed by atoms with Crippen LogP contribution in [0.5, 0.6) is 0 Å². The van der Waals surface area contributed by atoms with E-state index in [1.807, 2.05) is 29.6 Å². The Morgan fingerprint density at radius 1 is 1.29 bits per heavy atom. The second-order valence-electron chi connectivity index (χ2n) is 5.22. The van der Waals surface area contributed by atoms with Crippen LogP contribution in [0.3, 0.4) is 0 Å². The number of rotatable bonds is 3. The SMILES string of the molecule is CCn1cc(-n2cncc2-c2cccc3c2NCC3)cn1. The molecule has 0 spiro atoms. The minimum atomic E-state index is 0.867. The minimum Gasteiger partial charge on any atom is -0.384 e. The van der Waals surface area contributed by atoms with Crippen LogP contribution in [-0.2, 0) is 13.0 Å². The van der Waals surface area contributed by atoms with E-state index in [0.717, 1.165) is 30.9 Å². The lowest BCUT2D eigenvalue weighted by molar-refractivity contribution is 0.659. The van der Waals surface area contributed by atoms with Gasteiger partial charge in [0.1, 0.15) is 0 Å². The average Bonchev–Trinajstić information content (AvgIpc) is 3.25. The number of anilines is 1. The maximum atomic E-state index is 4.35. The van der Waals surface area contributed by atoms with Crippen molar-refractivity contribution in [1.82, 2.24) is 19.3 Å². The molecule has 5 heteroatoms. The third-order valence-electron chi connectivity index (χ3n) is 3.98. The van der Waals surface area contributed by atoms with Crippen LogP contribution < -0.4 is 5.32 Å². The molecular formula is C16H17N5. The van der Waals surface area contributed by atoms with Gasteiger partial charge in [0.25, 0.3) is 0 Å². The van der Waals surface area contributed by atoms with Gasteiger partial charge in [-0.05, 0) is 18.9 Å². The van der Waals surface area contributed by atoms with E-state index in [-0.39, 0.29) is 0 Å². The Morgan fingerprint density at radius 3 is 3.10 bits per heavy atom. The standard InChI is InChI=1S/C16H17N5/c1-2-20-10-13(8-19-20)21-11-17-9-15(21)14-5-3-4-12-6-7-18-16(12)14/h3-5,8-11,18H,2,6-7H2,1H3. The molecule has 0 aliphatic carbocycles. The highest BCUT2D eigenvalue weighted by Crippen LogP contribution is 2.35. The van der Waals surface area contributed by atoms with Crippen molar-refractivity contribution in [2.75, 3.05) is 11.9 Å². The van der Waals surface area contributed by atoms with E-state index in [9.17, 15) is 0 Å². The van der Waals surface area contributed by atoms with E-state index in [1.54, 1.807) is 0 Å². The highest BCUT2D eigenvalue weighted by atomic mass is 15.3. The molecule has 1 N–H and O–H groups in total. The zero-order chi connectivity index (χ0) is 14.2. The van der Waals surface area contributed by atoms with Crippen molar-refractivity contribution in [2.45, 2.75) is 19.9 Å². The molecule has 2 aromatic heterocycles. The maximum absolute atomic E-state index is 4.35. The zero-order valence-corrected chi connectivity index (χ0v) is 12.0. The topological polar surface area (TPSA) is 47.7 Å². The molecule has 3 aromatic rings. The summed E-state index contributed by atoms with van der Waals surface area (Å²) in [7, 11) is 0. The lowest BCUT2D eigenvalue weighted by atomic mass is 10.1. The molecule has 0 saturated carbocycles. The first-order chi connectivity index (χ1) is 10.4. The number of aromatic nitrogens is 4. The summed E-state index contributed by atoms with van der Waals surface area (Å²) in [5.41, 5.74) is 5.95. The van der Waals surface area contributed by atoms with E-state index in [4.69, 9.17) is 0 Å². The summed E-state index contributed by atoms with van der Waals surface area (Å²) in [5.74, 6) is 0. The van der Waals surface area contributed by atoms with Crippen LogP contribution in [0.15, 0.2) is 43.1 Å². The summed E-state index contributed by atoms with van der Waals surface area (Å²) in [6.07, 6.45) is 8.78. The molecule has 0 amide bonds. The van der Waals surface area contributed by atoms with E-state index >= 15 is 0 Å². The highest BCUT2D eigenvalue weighted by molar-refractivity contribution is 5.80. The van der Waals surface area contributed by atoms with Crippen LogP contribution in [0.1, 0.15) is 12.5 Å². The molecule has 0 unspecified atom stereocenters. The fourth-order valence-electron chi connectivity index (χ4n) is 2.90. The molecule has 4 rings (SSSR count). The summed E-state index contributed by atoms with van der Waals surface area (Å²) in [4.78, 5) is 4.33. The second-order valence-corrected chi connectivity index (χ2v) is 5.22. The van der Waals surface area contributed by atoms with Gasteiger partial charge in [-0.2, -0.15) is 5.10 Å². The Bertz CT molecular complexity index is 784. The molecule has 5 nitrogen and oxygen atoms in total. The smallest absolute Gasteiger partial charge is 0.0998 e. The largest absolute Gasteiger partial charge is 0.384 e. The van der Waals surface area contributed by atoms with E-state index < -0.39 is 0 Å². The zero-order valence-electron chi connectivity index (χ0n) is 12.0. The number of para-hydroxylation sites is 1. The van der Waals surface area contributed by atoms with E-state index in [2.05, 4.69) is 45.1 Å². The number of aryl methyl sites for hydroxylation is 1. The molecular weight excluding hydrogens is 262 g/mol. The first-order valence-electron chi connectivity index (χ1n) is 7.28. The molecule has 0 atom stereocenters. The highest BCUT2D eigenvalue weighted by Gasteiger charge is 2.18. The molecule has 3 heterocycles. The van der Waals surface area contributed by atoms with Crippen LogP contribution in [0.25, 0.3) is 16.9 Å². The Hall–Kier alpha value is -2.56. The Balaban J connectivity index is 1.84. The van der Waals surface area contributed by atoms with Crippen LogP contribution in [0.2, 0.25) is 0 Å². The molecule has 1 aliphatic rings. The monoisotopic (exact) mass is 279 g/mol. The summed E-state index contributed by atoms with van der Waals surface area (Å²) in [6.45, 7) is 3.96. The lowest BCUT2D eigenvalue weighted by Crippen LogP contribution is -1.98. The van der Waals surface area contributed by atoms with Crippen LogP contribution in [0.4, 0.5) is 5.69 Å². The number of benzene rings is 1. The first-order valence-corrected chi connectivity index (χ1v) is 7.28. The number of fused-ring (bicyclic) bond motifs is 1. The van der Waals surface area contributed by atoms with E-state index in [1.165, 1.54) is 16.8 Å². The molecule has 0 fully saturated rings. The predicted molar refractivity (Wildman–Crippen MR) is 82.7 cm³/mol. The van der Waals surface area contributed by atoms with E-state index in [0.29, 0.717) is 0 Å². The van der Waals surface area contributed by atoms with Gasteiger partial charge in [-0.3, -0.25) is 9.25 Å². The van der Waals surface area contributed by atoms with Crippen molar-refractivity contribution in [2.24, 2.45) is 0 Å². The summed E-state index contributed by atoms with van der Waals surface area (Å²) in [5, 5.41) is 7.84. The summed E-state index contributed by atoms with van der Waals surface area (Å²) >= 11 is 0. The molecule has 0 bridgehead atoms. The first kappa shape index (κ1) is 12.2. The lowest BCUT2D eigenvalue weighted by Gasteiger charge is -2.10. The van der Waals surface area contributed by atoms with Gasteiger partial charge in [0.05, 0.1) is 30.1 Å². The van der Waals surface area contributed by atoms with Gasteiger partial charge in [0, 0.05) is 30.5 Å². The summed E-state index contributed by atoms with van der Waals surface area (Å²) in [6, 6.07) is 6.46. The quantitative estimate of drug-likeness (QED) is 0.802. The average molecular weight is 279 g/mol. The van der Waals surface area contributed by atoms with Crippen molar-refractivity contribution in [3.63, 3.8) is 0 Å². The maximum Gasteiger partial charge on any atom is 0.0998 e. The number of hydrogen-bond acceptors (Lipinski definition) is 3. The van der Waals surface area contributed by atoms with Gasteiger partial charge >= 0.3 is 0 Å². The minimum absolute atomic E-state index is 0.867. The predicted octanol–water partition coefficient (Wildman–Crippen LogP) is 2.72. The molecule has 0 radical (unpaired) electrons. The van der Waals surface area contributed by atoms with Crippen molar-refractivity contribution in [1.29, 1.82) is 0 Å². The van der Waals surface area contributed by atoms with Gasteiger partial charge in [0.15, 0.2) is 0 Å².